The lowest BCUT2D eigenvalue weighted by molar-refractivity contribution is -0.114. The van der Waals surface area contributed by atoms with Crippen molar-refractivity contribution in [1.29, 1.82) is 0 Å². The number of hydrazone groups is 1. The summed E-state index contributed by atoms with van der Waals surface area (Å²) >= 11 is 0. The van der Waals surface area contributed by atoms with Crippen LogP contribution in [0.2, 0.25) is 0 Å². The first-order valence-corrected chi connectivity index (χ1v) is 8.06. The Morgan fingerprint density at radius 1 is 1.04 bits per heavy atom. The van der Waals surface area contributed by atoms with Crippen LogP contribution >= 0.6 is 0 Å². The Bertz CT molecular complexity index is 991. The van der Waals surface area contributed by atoms with E-state index in [4.69, 9.17) is 9.52 Å². The van der Waals surface area contributed by atoms with Crippen molar-refractivity contribution in [3.05, 3.63) is 89.6 Å². The van der Waals surface area contributed by atoms with Gasteiger partial charge in [0.2, 0.25) is 0 Å². The summed E-state index contributed by atoms with van der Waals surface area (Å²) in [5.74, 6) is 0.670. The molecule has 4 rings (SSSR count). The van der Waals surface area contributed by atoms with Gasteiger partial charge in [-0.15, -0.1) is 0 Å². The SMILES string of the molecule is O=C1/C(=C\c2ccc(CO)o2)C(c2ccncc2)=NN1c1ccccc1. The summed E-state index contributed by atoms with van der Waals surface area (Å²) in [6, 6.07) is 16.2. The predicted molar refractivity (Wildman–Crippen MR) is 97.3 cm³/mol. The molecule has 0 saturated carbocycles. The molecule has 6 heteroatoms. The normalized spacial score (nSPS) is 15.6. The molecule has 3 heterocycles. The number of benzene rings is 1. The molecule has 0 radical (unpaired) electrons. The molecule has 1 N–H and O–H groups in total. The highest BCUT2D eigenvalue weighted by molar-refractivity contribution is 6.37. The average Bonchev–Trinajstić information content (AvgIpc) is 3.28. The van der Waals surface area contributed by atoms with E-state index in [0.717, 1.165) is 5.56 Å². The molecule has 0 unspecified atom stereocenters. The number of aliphatic hydroxyl groups is 1. The van der Waals surface area contributed by atoms with Crippen molar-refractivity contribution in [2.45, 2.75) is 6.61 Å². The summed E-state index contributed by atoms with van der Waals surface area (Å²) in [6.07, 6.45) is 4.95. The van der Waals surface area contributed by atoms with Crippen LogP contribution in [0, 0.1) is 0 Å². The van der Waals surface area contributed by atoms with Gasteiger partial charge in [-0.05, 0) is 42.5 Å². The third-order valence-corrected chi connectivity index (χ3v) is 3.96. The number of carbonyl (C=O) groups excluding carboxylic acids is 1. The maximum atomic E-state index is 13.0. The Morgan fingerprint density at radius 2 is 1.81 bits per heavy atom. The van der Waals surface area contributed by atoms with Crippen LogP contribution in [-0.2, 0) is 11.4 Å². The van der Waals surface area contributed by atoms with Crippen molar-refractivity contribution in [3.63, 3.8) is 0 Å². The van der Waals surface area contributed by atoms with E-state index in [1.807, 2.05) is 30.3 Å². The first-order chi connectivity index (χ1) is 12.8. The highest BCUT2D eigenvalue weighted by Crippen LogP contribution is 2.27. The van der Waals surface area contributed by atoms with E-state index in [9.17, 15) is 4.79 Å². The van der Waals surface area contributed by atoms with Crippen LogP contribution in [-0.4, -0.2) is 21.7 Å². The monoisotopic (exact) mass is 345 g/mol. The van der Waals surface area contributed by atoms with Gasteiger partial charge in [0.25, 0.3) is 5.91 Å². The molecule has 1 aromatic carbocycles. The quantitative estimate of drug-likeness (QED) is 0.737. The van der Waals surface area contributed by atoms with Gasteiger partial charge in [-0.2, -0.15) is 10.1 Å². The Morgan fingerprint density at radius 3 is 2.50 bits per heavy atom. The van der Waals surface area contributed by atoms with Crippen molar-refractivity contribution in [3.8, 4) is 0 Å². The van der Waals surface area contributed by atoms with Crippen LogP contribution in [0.5, 0.6) is 0 Å². The Balaban J connectivity index is 1.80. The molecule has 6 nitrogen and oxygen atoms in total. The zero-order valence-corrected chi connectivity index (χ0v) is 13.7. The minimum Gasteiger partial charge on any atom is -0.459 e. The number of carbonyl (C=O) groups is 1. The first-order valence-electron chi connectivity index (χ1n) is 8.06. The summed E-state index contributed by atoms with van der Waals surface area (Å²) in [5, 5.41) is 15.1. The summed E-state index contributed by atoms with van der Waals surface area (Å²) in [7, 11) is 0. The number of para-hydroxylation sites is 1. The van der Waals surface area contributed by atoms with Gasteiger partial charge in [-0.3, -0.25) is 9.78 Å². The molecule has 1 amide bonds. The summed E-state index contributed by atoms with van der Waals surface area (Å²) < 4.78 is 5.50. The standard InChI is InChI=1S/C20H15N3O3/c24-13-17-7-6-16(26-17)12-18-19(14-8-10-21-11-9-14)22-23(20(18)25)15-4-2-1-3-5-15/h1-12,24H,13H2/b18-12-. The molecule has 0 spiro atoms. The fourth-order valence-electron chi connectivity index (χ4n) is 2.71. The van der Waals surface area contributed by atoms with Crippen LogP contribution in [0.4, 0.5) is 5.69 Å². The fourth-order valence-corrected chi connectivity index (χ4v) is 2.71. The number of aliphatic hydroxyl groups excluding tert-OH is 1. The number of anilines is 1. The van der Waals surface area contributed by atoms with Gasteiger partial charge in [0.1, 0.15) is 23.8 Å². The highest BCUT2D eigenvalue weighted by atomic mass is 16.4. The van der Waals surface area contributed by atoms with E-state index in [2.05, 4.69) is 10.1 Å². The maximum Gasteiger partial charge on any atom is 0.281 e. The molecule has 0 bridgehead atoms. The van der Waals surface area contributed by atoms with Crippen molar-refractivity contribution >= 4 is 23.4 Å². The second kappa shape index (κ2) is 6.78. The fraction of sp³-hybridized carbons (Fsp3) is 0.0500. The average molecular weight is 345 g/mol. The van der Waals surface area contributed by atoms with Crippen molar-refractivity contribution < 1.29 is 14.3 Å². The van der Waals surface area contributed by atoms with Gasteiger partial charge in [-0.25, -0.2) is 0 Å². The Hall–Kier alpha value is -3.51. The Kier molecular flexibility index (Phi) is 4.17. The third-order valence-electron chi connectivity index (χ3n) is 3.96. The number of pyridine rings is 1. The van der Waals surface area contributed by atoms with E-state index >= 15 is 0 Å². The second-order valence-electron chi connectivity index (χ2n) is 5.66. The predicted octanol–water partition coefficient (Wildman–Crippen LogP) is 3.00. The summed E-state index contributed by atoms with van der Waals surface area (Å²) in [4.78, 5) is 17.0. The molecule has 26 heavy (non-hydrogen) atoms. The molecule has 0 fully saturated rings. The molecule has 0 saturated heterocycles. The smallest absolute Gasteiger partial charge is 0.281 e. The van der Waals surface area contributed by atoms with Crippen molar-refractivity contribution in [2.75, 3.05) is 5.01 Å². The molecule has 1 aliphatic heterocycles. The van der Waals surface area contributed by atoms with Gasteiger partial charge < -0.3 is 9.52 Å². The van der Waals surface area contributed by atoms with Crippen LogP contribution < -0.4 is 5.01 Å². The van der Waals surface area contributed by atoms with E-state index in [-0.39, 0.29) is 12.5 Å². The highest BCUT2D eigenvalue weighted by Gasteiger charge is 2.32. The van der Waals surface area contributed by atoms with Gasteiger partial charge in [-0.1, -0.05) is 18.2 Å². The number of hydrogen-bond donors (Lipinski definition) is 1. The molecule has 1 aliphatic rings. The van der Waals surface area contributed by atoms with Gasteiger partial charge in [0.15, 0.2) is 0 Å². The van der Waals surface area contributed by atoms with Gasteiger partial charge in [0.05, 0.1) is 11.3 Å². The number of rotatable bonds is 4. The lowest BCUT2D eigenvalue weighted by Crippen LogP contribution is -2.21. The molecule has 3 aromatic rings. The number of nitrogens with zero attached hydrogens (tertiary/aromatic N) is 3. The van der Waals surface area contributed by atoms with Crippen LogP contribution in [0.1, 0.15) is 17.1 Å². The van der Waals surface area contributed by atoms with Crippen LogP contribution in [0.3, 0.4) is 0 Å². The number of amides is 1. The van der Waals surface area contributed by atoms with Gasteiger partial charge >= 0.3 is 0 Å². The minimum absolute atomic E-state index is 0.196. The van der Waals surface area contributed by atoms with Crippen LogP contribution in [0.15, 0.2) is 82.1 Å². The minimum atomic E-state index is -0.245. The van der Waals surface area contributed by atoms with E-state index in [0.29, 0.717) is 28.5 Å². The van der Waals surface area contributed by atoms with Crippen LogP contribution in [0.25, 0.3) is 6.08 Å². The van der Waals surface area contributed by atoms with Crippen molar-refractivity contribution in [2.24, 2.45) is 5.10 Å². The Labute approximate surface area is 149 Å². The molecular weight excluding hydrogens is 330 g/mol. The molecular formula is C20H15N3O3. The maximum absolute atomic E-state index is 13.0. The largest absolute Gasteiger partial charge is 0.459 e. The molecule has 0 aliphatic carbocycles. The molecule has 128 valence electrons. The zero-order chi connectivity index (χ0) is 17.9. The second-order valence-corrected chi connectivity index (χ2v) is 5.66. The third kappa shape index (κ3) is 2.94. The molecule has 2 aromatic heterocycles. The zero-order valence-electron chi connectivity index (χ0n) is 13.7. The lowest BCUT2D eigenvalue weighted by Gasteiger charge is -2.10. The number of aromatic nitrogens is 1. The lowest BCUT2D eigenvalue weighted by atomic mass is 10.0. The summed E-state index contributed by atoms with van der Waals surface area (Å²) in [6.45, 7) is -0.196. The van der Waals surface area contributed by atoms with E-state index < -0.39 is 0 Å². The van der Waals surface area contributed by atoms with E-state index in [1.54, 1.807) is 42.7 Å². The first kappa shape index (κ1) is 16.0. The van der Waals surface area contributed by atoms with Crippen molar-refractivity contribution in [1.82, 2.24) is 4.98 Å². The number of hydrogen-bond acceptors (Lipinski definition) is 5. The topological polar surface area (TPSA) is 78.9 Å². The number of furan rings is 1. The van der Waals surface area contributed by atoms with Gasteiger partial charge in [0, 0.05) is 18.0 Å². The molecule has 0 atom stereocenters. The summed E-state index contributed by atoms with van der Waals surface area (Å²) in [5.41, 5.74) is 2.43. The van der Waals surface area contributed by atoms with E-state index in [1.165, 1.54) is 5.01 Å².